The second-order valence-corrected chi connectivity index (χ2v) is 5.75. The third-order valence-corrected chi connectivity index (χ3v) is 3.28. The molecular formula is C12H29CaO4P. The molecule has 0 saturated heterocycles. The predicted octanol–water partition coefficient (Wildman–Crippen LogP) is 3.86. The molecule has 108 valence electrons. The summed E-state index contributed by atoms with van der Waals surface area (Å²) in [5, 5.41) is 0. The molecule has 0 saturated carbocycles. The van der Waals surface area contributed by atoms with Gasteiger partial charge in [-0.3, -0.25) is 4.52 Å². The van der Waals surface area contributed by atoms with E-state index in [9.17, 15) is 4.57 Å². The molecule has 0 aliphatic rings. The van der Waals surface area contributed by atoms with Crippen molar-refractivity contribution in [3.63, 3.8) is 0 Å². The van der Waals surface area contributed by atoms with Gasteiger partial charge in [0.05, 0.1) is 6.61 Å². The van der Waals surface area contributed by atoms with Crippen molar-refractivity contribution in [3.05, 3.63) is 0 Å². The fourth-order valence-corrected chi connectivity index (χ4v) is 2.14. The van der Waals surface area contributed by atoms with Gasteiger partial charge in [0.1, 0.15) is 0 Å². The Balaban J connectivity index is -0.000000427. The molecule has 0 unspecified atom stereocenters. The van der Waals surface area contributed by atoms with E-state index in [4.69, 9.17) is 9.79 Å². The van der Waals surface area contributed by atoms with Gasteiger partial charge in [0.15, 0.2) is 0 Å². The van der Waals surface area contributed by atoms with Crippen molar-refractivity contribution in [1.82, 2.24) is 0 Å². The van der Waals surface area contributed by atoms with Crippen molar-refractivity contribution in [3.8, 4) is 0 Å². The summed E-state index contributed by atoms with van der Waals surface area (Å²) in [5.74, 6) is 0. The largest absolute Gasteiger partial charge is 2.00 e. The summed E-state index contributed by atoms with van der Waals surface area (Å²) >= 11 is 0. The minimum absolute atomic E-state index is 0. The maximum Gasteiger partial charge on any atom is 2.00 e. The van der Waals surface area contributed by atoms with Gasteiger partial charge in [0.2, 0.25) is 0 Å². The molecule has 0 bridgehead atoms. The van der Waals surface area contributed by atoms with Gasteiger partial charge in [-0.15, -0.1) is 0 Å². The minimum Gasteiger partial charge on any atom is -1.00 e. The van der Waals surface area contributed by atoms with E-state index in [-0.39, 0.29) is 47.2 Å². The summed E-state index contributed by atoms with van der Waals surface area (Å²) in [4.78, 5) is 16.9. The van der Waals surface area contributed by atoms with Crippen molar-refractivity contribution >= 4 is 45.6 Å². The van der Waals surface area contributed by atoms with Crippen LogP contribution in [0.15, 0.2) is 0 Å². The molecule has 0 amide bonds. The quantitative estimate of drug-likeness (QED) is 0.326. The normalized spacial score (nSPS) is 11.3. The Morgan fingerprint density at radius 2 is 1.28 bits per heavy atom. The van der Waals surface area contributed by atoms with Gasteiger partial charge in [0, 0.05) is 0 Å². The maximum atomic E-state index is 10.4. The van der Waals surface area contributed by atoms with E-state index >= 15 is 0 Å². The van der Waals surface area contributed by atoms with Crippen LogP contribution in [0.1, 0.15) is 74.0 Å². The molecule has 4 nitrogen and oxygen atoms in total. The monoisotopic (exact) mass is 308 g/mol. The van der Waals surface area contributed by atoms with Crippen molar-refractivity contribution in [1.29, 1.82) is 0 Å². The smallest absolute Gasteiger partial charge is 1.00 e. The van der Waals surface area contributed by atoms with Crippen LogP contribution in [0.4, 0.5) is 0 Å². The topological polar surface area (TPSA) is 66.8 Å². The van der Waals surface area contributed by atoms with E-state index in [2.05, 4.69) is 11.4 Å². The molecule has 0 fully saturated rings. The van der Waals surface area contributed by atoms with Crippen LogP contribution in [0.25, 0.3) is 0 Å². The minimum atomic E-state index is -4.24. The van der Waals surface area contributed by atoms with Crippen molar-refractivity contribution < 1.29 is 21.7 Å². The molecule has 0 aromatic heterocycles. The molecule has 0 aliphatic carbocycles. The van der Waals surface area contributed by atoms with E-state index in [1.54, 1.807) is 0 Å². The molecule has 0 aliphatic heterocycles. The van der Waals surface area contributed by atoms with Crippen LogP contribution < -0.4 is 0 Å². The second-order valence-electron chi connectivity index (χ2n) is 4.51. The van der Waals surface area contributed by atoms with E-state index in [0.717, 1.165) is 19.3 Å². The molecule has 0 heterocycles. The molecule has 0 aromatic carbocycles. The third-order valence-electron chi connectivity index (χ3n) is 2.76. The zero-order valence-electron chi connectivity index (χ0n) is 13.6. The molecule has 2 N–H and O–H groups in total. The fraction of sp³-hybridized carbons (Fsp3) is 1.00. The Labute approximate surface area is 144 Å². The van der Waals surface area contributed by atoms with E-state index in [0.29, 0.717) is 0 Å². The average molecular weight is 308 g/mol. The first-order valence-corrected chi connectivity index (χ1v) is 8.29. The van der Waals surface area contributed by atoms with Gasteiger partial charge in [-0.1, -0.05) is 64.7 Å². The van der Waals surface area contributed by atoms with Crippen LogP contribution in [0.3, 0.4) is 0 Å². The molecule has 0 spiro atoms. The van der Waals surface area contributed by atoms with Gasteiger partial charge in [-0.05, 0) is 6.42 Å². The average Bonchev–Trinajstić information content (AvgIpc) is 2.24. The molecule has 0 atom stereocenters. The van der Waals surface area contributed by atoms with Crippen molar-refractivity contribution in [2.24, 2.45) is 0 Å². The summed E-state index contributed by atoms with van der Waals surface area (Å²) < 4.78 is 14.7. The Hall–Kier alpha value is 1.37. The number of phosphoric acid groups is 1. The van der Waals surface area contributed by atoms with E-state index < -0.39 is 7.82 Å². The predicted molar refractivity (Wildman–Crippen MR) is 77.8 cm³/mol. The van der Waals surface area contributed by atoms with Crippen LogP contribution in [0.2, 0.25) is 0 Å². The van der Waals surface area contributed by atoms with Gasteiger partial charge in [-0.2, -0.15) is 0 Å². The van der Waals surface area contributed by atoms with E-state index in [1.807, 2.05) is 0 Å². The van der Waals surface area contributed by atoms with Crippen LogP contribution in [-0.2, 0) is 9.09 Å². The summed E-state index contributed by atoms with van der Waals surface area (Å²) in [6, 6.07) is 0. The van der Waals surface area contributed by atoms with E-state index in [1.165, 1.54) is 44.9 Å². The number of rotatable bonds is 12. The summed E-state index contributed by atoms with van der Waals surface area (Å²) in [5.41, 5.74) is 0. The number of unbranched alkanes of at least 4 members (excludes halogenated alkanes) is 9. The first kappa shape index (κ1) is 21.7. The Morgan fingerprint density at radius 1 is 0.889 bits per heavy atom. The number of hydrogen-bond donors (Lipinski definition) is 2. The van der Waals surface area contributed by atoms with Gasteiger partial charge < -0.3 is 12.6 Å². The maximum absolute atomic E-state index is 10.4. The SMILES string of the molecule is CCCCCCCCCCCCOP(=O)(O)O.[Ca+2].[H-].[H-]. The van der Waals surface area contributed by atoms with Gasteiger partial charge in [0.25, 0.3) is 0 Å². The van der Waals surface area contributed by atoms with Crippen LogP contribution in [-0.4, -0.2) is 54.1 Å². The zero-order chi connectivity index (χ0) is 13.0. The number of hydrogen-bond acceptors (Lipinski definition) is 2. The fourth-order valence-electron chi connectivity index (χ4n) is 1.77. The van der Waals surface area contributed by atoms with Gasteiger partial charge >= 0.3 is 45.6 Å². The standard InChI is InChI=1S/C12H27O4P.Ca.2H/c1-2-3-4-5-6-7-8-9-10-11-12-16-17(13,14)15;;;/h2-12H2,1H3,(H2,13,14,15);;;/q;+2;2*-1. The Kier molecular flexibility index (Phi) is 17.8. The molecule has 0 aromatic rings. The molecule has 0 rings (SSSR count). The summed E-state index contributed by atoms with van der Waals surface area (Å²) in [7, 11) is -4.24. The Morgan fingerprint density at radius 3 is 1.67 bits per heavy atom. The van der Waals surface area contributed by atoms with Crippen LogP contribution >= 0.6 is 7.82 Å². The number of phosphoric ester groups is 1. The third kappa shape index (κ3) is 19.7. The summed E-state index contributed by atoms with van der Waals surface area (Å²) in [6.07, 6.45) is 12.0. The second kappa shape index (κ2) is 14.8. The van der Waals surface area contributed by atoms with Crippen LogP contribution in [0.5, 0.6) is 0 Å². The Bertz CT molecular complexity index is 218. The molecule has 6 heteroatoms. The van der Waals surface area contributed by atoms with Gasteiger partial charge in [-0.25, -0.2) is 4.57 Å². The van der Waals surface area contributed by atoms with Crippen molar-refractivity contribution in [2.75, 3.05) is 6.61 Å². The first-order valence-electron chi connectivity index (χ1n) is 6.76. The van der Waals surface area contributed by atoms with Crippen molar-refractivity contribution in [2.45, 2.75) is 71.1 Å². The molecule has 0 radical (unpaired) electrons. The molecule has 18 heavy (non-hydrogen) atoms. The first-order chi connectivity index (χ1) is 8.06. The van der Waals surface area contributed by atoms with Crippen LogP contribution in [0, 0.1) is 0 Å². The summed E-state index contributed by atoms with van der Waals surface area (Å²) in [6.45, 7) is 2.39. The zero-order valence-corrected chi connectivity index (χ0v) is 14.7. The molecular weight excluding hydrogens is 279 g/mol.